The lowest BCUT2D eigenvalue weighted by Gasteiger charge is -2.18. The molecule has 0 fully saturated rings. The monoisotopic (exact) mass is 210 g/mol. The summed E-state index contributed by atoms with van der Waals surface area (Å²) in [5.41, 5.74) is 11.2. The molecule has 0 aliphatic carbocycles. The minimum atomic E-state index is 0.174. The predicted octanol–water partition coefficient (Wildman–Crippen LogP) is 1.59. The topological polar surface area (TPSA) is 72.3 Å². The number of hydrogen-bond acceptors (Lipinski definition) is 3. The van der Waals surface area contributed by atoms with E-state index in [1.807, 2.05) is 12.1 Å². The Hall–Kier alpha value is -1.06. The first-order chi connectivity index (χ1) is 6.91. The third-order valence-electron chi connectivity index (χ3n) is 1.90. The quantitative estimate of drug-likeness (QED) is 0.659. The summed E-state index contributed by atoms with van der Waals surface area (Å²) in [6.07, 6.45) is 0. The number of phenols is 1. The van der Waals surface area contributed by atoms with Crippen LogP contribution in [0, 0.1) is 0 Å². The standard InChI is InChI=1S/C10H14O.C2H8N2/c1-10(2,3)8-4-6-9(11)7-5-8;3-1-2-4/h4-7,11H,1-3H3;1-4H2. The van der Waals surface area contributed by atoms with Crippen LogP contribution in [0.1, 0.15) is 26.3 Å². The highest BCUT2D eigenvalue weighted by Gasteiger charge is 2.12. The molecule has 0 spiro atoms. The summed E-state index contributed by atoms with van der Waals surface area (Å²) < 4.78 is 0. The SMILES string of the molecule is CC(C)(C)c1ccc(O)cc1.NCCN. The van der Waals surface area contributed by atoms with Crippen molar-refractivity contribution in [1.82, 2.24) is 0 Å². The largest absolute Gasteiger partial charge is 0.508 e. The van der Waals surface area contributed by atoms with Gasteiger partial charge < -0.3 is 16.6 Å². The molecule has 0 bridgehead atoms. The third kappa shape index (κ3) is 6.10. The maximum absolute atomic E-state index is 9.02. The lowest BCUT2D eigenvalue weighted by molar-refractivity contribution is 0.474. The molecule has 0 radical (unpaired) electrons. The molecule has 0 aliphatic rings. The molecule has 0 heterocycles. The zero-order valence-corrected chi connectivity index (χ0v) is 9.83. The fraction of sp³-hybridized carbons (Fsp3) is 0.500. The van der Waals surface area contributed by atoms with Gasteiger partial charge in [-0.15, -0.1) is 0 Å². The molecule has 1 aromatic carbocycles. The predicted molar refractivity (Wildman–Crippen MR) is 64.9 cm³/mol. The van der Waals surface area contributed by atoms with E-state index in [9.17, 15) is 0 Å². The van der Waals surface area contributed by atoms with Crippen LogP contribution in [-0.2, 0) is 5.41 Å². The highest BCUT2D eigenvalue weighted by molar-refractivity contribution is 5.29. The molecule has 0 aromatic heterocycles. The van der Waals surface area contributed by atoms with Crippen molar-refractivity contribution in [2.75, 3.05) is 13.1 Å². The van der Waals surface area contributed by atoms with Gasteiger partial charge in [0.2, 0.25) is 0 Å². The van der Waals surface area contributed by atoms with Crippen LogP contribution in [0.15, 0.2) is 24.3 Å². The van der Waals surface area contributed by atoms with E-state index in [-0.39, 0.29) is 5.41 Å². The second-order valence-electron chi connectivity index (χ2n) is 4.37. The van der Waals surface area contributed by atoms with E-state index in [1.54, 1.807) is 12.1 Å². The summed E-state index contributed by atoms with van der Waals surface area (Å²) in [5.74, 6) is 0.331. The Balaban J connectivity index is 0.000000423. The molecule has 0 saturated carbocycles. The number of nitrogens with two attached hydrogens (primary N) is 2. The fourth-order valence-electron chi connectivity index (χ4n) is 0.961. The molecule has 1 rings (SSSR count). The first kappa shape index (κ1) is 13.9. The van der Waals surface area contributed by atoms with Gasteiger partial charge in [0.15, 0.2) is 0 Å². The van der Waals surface area contributed by atoms with Crippen molar-refractivity contribution in [3.05, 3.63) is 29.8 Å². The average Bonchev–Trinajstić information content (AvgIpc) is 2.17. The number of benzene rings is 1. The van der Waals surface area contributed by atoms with E-state index < -0.39 is 0 Å². The van der Waals surface area contributed by atoms with Crippen molar-refractivity contribution < 1.29 is 5.11 Å². The molecule has 3 nitrogen and oxygen atoms in total. The van der Waals surface area contributed by atoms with Gasteiger partial charge in [-0.3, -0.25) is 0 Å². The van der Waals surface area contributed by atoms with E-state index in [4.69, 9.17) is 16.6 Å². The Morgan fingerprint density at radius 3 is 1.67 bits per heavy atom. The van der Waals surface area contributed by atoms with Gasteiger partial charge in [-0.25, -0.2) is 0 Å². The van der Waals surface area contributed by atoms with Gasteiger partial charge in [-0.2, -0.15) is 0 Å². The van der Waals surface area contributed by atoms with Crippen molar-refractivity contribution in [2.24, 2.45) is 11.5 Å². The number of aromatic hydroxyl groups is 1. The number of phenolic OH excluding ortho intramolecular Hbond substituents is 1. The summed E-state index contributed by atoms with van der Waals surface area (Å²) in [6.45, 7) is 7.65. The van der Waals surface area contributed by atoms with Crippen LogP contribution >= 0.6 is 0 Å². The van der Waals surface area contributed by atoms with E-state index in [1.165, 1.54) is 5.56 Å². The first-order valence-corrected chi connectivity index (χ1v) is 5.11. The third-order valence-corrected chi connectivity index (χ3v) is 1.90. The van der Waals surface area contributed by atoms with Crippen LogP contribution in [0.3, 0.4) is 0 Å². The van der Waals surface area contributed by atoms with Crippen LogP contribution in [0.4, 0.5) is 0 Å². The minimum absolute atomic E-state index is 0.174. The molecular formula is C12H22N2O. The molecule has 5 N–H and O–H groups in total. The maximum Gasteiger partial charge on any atom is 0.115 e. The smallest absolute Gasteiger partial charge is 0.115 e. The molecule has 86 valence electrons. The normalized spacial score (nSPS) is 10.5. The lowest BCUT2D eigenvalue weighted by atomic mass is 9.87. The number of rotatable bonds is 1. The van der Waals surface area contributed by atoms with Crippen molar-refractivity contribution in [2.45, 2.75) is 26.2 Å². The summed E-state index contributed by atoms with van der Waals surface area (Å²) in [7, 11) is 0. The first-order valence-electron chi connectivity index (χ1n) is 5.11. The van der Waals surface area contributed by atoms with Gasteiger partial charge in [-0.05, 0) is 23.1 Å². The Morgan fingerprint density at radius 2 is 1.40 bits per heavy atom. The van der Waals surface area contributed by atoms with Crippen LogP contribution in [0.5, 0.6) is 5.75 Å². The van der Waals surface area contributed by atoms with Gasteiger partial charge in [0.25, 0.3) is 0 Å². The van der Waals surface area contributed by atoms with E-state index >= 15 is 0 Å². The van der Waals surface area contributed by atoms with Gasteiger partial charge in [0.1, 0.15) is 5.75 Å². The highest BCUT2D eigenvalue weighted by atomic mass is 16.3. The molecule has 0 amide bonds. The second-order valence-corrected chi connectivity index (χ2v) is 4.37. The molecule has 3 heteroatoms. The van der Waals surface area contributed by atoms with Crippen molar-refractivity contribution >= 4 is 0 Å². The fourth-order valence-corrected chi connectivity index (χ4v) is 0.961. The minimum Gasteiger partial charge on any atom is -0.508 e. The maximum atomic E-state index is 9.02. The van der Waals surface area contributed by atoms with E-state index in [0.29, 0.717) is 18.8 Å². The zero-order valence-electron chi connectivity index (χ0n) is 9.83. The van der Waals surface area contributed by atoms with Crippen molar-refractivity contribution in [3.8, 4) is 5.75 Å². The summed E-state index contributed by atoms with van der Waals surface area (Å²) in [4.78, 5) is 0. The second kappa shape index (κ2) is 6.43. The number of hydrogen-bond donors (Lipinski definition) is 3. The zero-order chi connectivity index (χ0) is 11.9. The van der Waals surface area contributed by atoms with Gasteiger partial charge in [-0.1, -0.05) is 32.9 Å². The average molecular weight is 210 g/mol. The lowest BCUT2D eigenvalue weighted by Crippen LogP contribution is -2.11. The van der Waals surface area contributed by atoms with E-state index in [2.05, 4.69) is 20.8 Å². The van der Waals surface area contributed by atoms with Crippen molar-refractivity contribution in [1.29, 1.82) is 0 Å². The molecular weight excluding hydrogens is 188 g/mol. The molecule has 15 heavy (non-hydrogen) atoms. The van der Waals surface area contributed by atoms with Crippen LogP contribution in [0.2, 0.25) is 0 Å². The Labute approximate surface area is 92.1 Å². The highest BCUT2D eigenvalue weighted by Crippen LogP contribution is 2.23. The molecule has 0 atom stereocenters. The Morgan fingerprint density at radius 1 is 1.00 bits per heavy atom. The summed E-state index contributed by atoms with van der Waals surface area (Å²) in [5, 5.41) is 9.02. The van der Waals surface area contributed by atoms with Gasteiger partial charge in [0.05, 0.1) is 0 Å². The van der Waals surface area contributed by atoms with Gasteiger partial charge >= 0.3 is 0 Å². The van der Waals surface area contributed by atoms with E-state index in [0.717, 1.165) is 0 Å². The van der Waals surface area contributed by atoms with Crippen molar-refractivity contribution in [3.63, 3.8) is 0 Å². The molecule has 0 saturated heterocycles. The molecule has 0 unspecified atom stereocenters. The van der Waals surface area contributed by atoms with Crippen LogP contribution < -0.4 is 11.5 Å². The Bertz CT molecular complexity index is 260. The molecule has 1 aromatic rings. The summed E-state index contributed by atoms with van der Waals surface area (Å²) in [6, 6.07) is 7.35. The van der Waals surface area contributed by atoms with Crippen LogP contribution in [0.25, 0.3) is 0 Å². The van der Waals surface area contributed by atoms with Gasteiger partial charge in [0, 0.05) is 13.1 Å². The van der Waals surface area contributed by atoms with Crippen LogP contribution in [-0.4, -0.2) is 18.2 Å². The summed E-state index contributed by atoms with van der Waals surface area (Å²) >= 11 is 0. The molecule has 0 aliphatic heterocycles. The Kier molecular flexibility index (Phi) is 5.97.